The van der Waals surface area contributed by atoms with Crippen molar-refractivity contribution >= 4 is 66.7 Å². The maximum atomic E-state index is 13.5. The summed E-state index contributed by atoms with van der Waals surface area (Å²) in [6, 6.07) is 19.1. The average molecular weight is 640 g/mol. The number of amides is 1. The standard InChI is InChI=1S/C29H25IN2O5S/c1-3-14-37-20-7-5-6-18(15-20)26(33)24-25(17-8-10-19(30)11-9-17)32(28(35)27(24)34)29-31-22-13-12-21(36-4-2)16-23(22)38-29/h5-13,15-16,25,33H,3-4,14H2,1-2H3. The van der Waals surface area contributed by atoms with Crippen LogP contribution in [0.25, 0.3) is 16.0 Å². The highest BCUT2D eigenvalue weighted by Gasteiger charge is 2.48. The first-order chi connectivity index (χ1) is 18.4. The van der Waals surface area contributed by atoms with Gasteiger partial charge in [-0.3, -0.25) is 14.5 Å². The van der Waals surface area contributed by atoms with Gasteiger partial charge in [0.15, 0.2) is 5.13 Å². The molecule has 4 aromatic rings. The van der Waals surface area contributed by atoms with Crippen LogP contribution in [-0.2, 0) is 9.59 Å². The molecular weight excluding hydrogens is 615 g/mol. The van der Waals surface area contributed by atoms with E-state index in [9.17, 15) is 14.7 Å². The monoisotopic (exact) mass is 640 g/mol. The number of benzene rings is 3. The molecule has 1 saturated heterocycles. The van der Waals surface area contributed by atoms with Crippen molar-refractivity contribution in [1.29, 1.82) is 0 Å². The maximum absolute atomic E-state index is 13.5. The second kappa shape index (κ2) is 11.1. The summed E-state index contributed by atoms with van der Waals surface area (Å²) in [6.45, 7) is 4.98. The fourth-order valence-corrected chi connectivity index (χ4v) is 5.73. The molecule has 9 heteroatoms. The van der Waals surface area contributed by atoms with E-state index in [1.165, 1.54) is 16.2 Å². The van der Waals surface area contributed by atoms with Crippen LogP contribution in [0.1, 0.15) is 37.4 Å². The van der Waals surface area contributed by atoms with Crippen molar-refractivity contribution in [3.05, 3.63) is 87.0 Å². The lowest BCUT2D eigenvalue weighted by molar-refractivity contribution is -0.132. The Morgan fingerprint density at radius 1 is 1.03 bits per heavy atom. The van der Waals surface area contributed by atoms with Crippen LogP contribution in [-0.4, -0.2) is 35.0 Å². The van der Waals surface area contributed by atoms with Crippen LogP contribution in [0.2, 0.25) is 0 Å². The number of anilines is 1. The number of rotatable bonds is 8. The molecule has 1 aliphatic heterocycles. The second-order valence-electron chi connectivity index (χ2n) is 8.66. The molecule has 1 N–H and O–H groups in total. The highest BCUT2D eigenvalue weighted by molar-refractivity contribution is 14.1. The number of hydrogen-bond acceptors (Lipinski definition) is 7. The summed E-state index contributed by atoms with van der Waals surface area (Å²) in [6.07, 6.45) is 0.836. The Morgan fingerprint density at radius 3 is 2.53 bits per heavy atom. The Hall–Kier alpha value is -3.44. The van der Waals surface area contributed by atoms with E-state index in [0.717, 1.165) is 14.7 Å². The van der Waals surface area contributed by atoms with Gasteiger partial charge in [-0.2, -0.15) is 0 Å². The Bertz CT molecular complexity index is 1550. The molecule has 1 fully saturated rings. The van der Waals surface area contributed by atoms with Crippen molar-refractivity contribution in [2.75, 3.05) is 18.1 Å². The molecule has 7 nitrogen and oxygen atoms in total. The molecule has 2 heterocycles. The van der Waals surface area contributed by atoms with E-state index in [2.05, 4.69) is 27.6 Å². The minimum atomic E-state index is -0.848. The van der Waals surface area contributed by atoms with Crippen LogP contribution < -0.4 is 14.4 Å². The van der Waals surface area contributed by atoms with Crippen molar-refractivity contribution in [2.24, 2.45) is 0 Å². The van der Waals surface area contributed by atoms with E-state index < -0.39 is 17.7 Å². The van der Waals surface area contributed by atoms with Crippen molar-refractivity contribution in [3.8, 4) is 11.5 Å². The summed E-state index contributed by atoms with van der Waals surface area (Å²) < 4.78 is 13.2. The third kappa shape index (κ3) is 5.00. The average Bonchev–Trinajstić information content (AvgIpc) is 3.45. The van der Waals surface area contributed by atoms with E-state index in [1.54, 1.807) is 24.3 Å². The van der Waals surface area contributed by atoms with Gasteiger partial charge in [0.25, 0.3) is 5.78 Å². The smallest absolute Gasteiger partial charge is 0.301 e. The molecule has 0 aliphatic carbocycles. The summed E-state index contributed by atoms with van der Waals surface area (Å²) in [4.78, 5) is 33.1. The Morgan fingerprint density at radius 2 is 1.79 bits per heavy atom. The molecule has 1 atom stereocenters. The predicted molar refractivity (Wildman–Crippen MR) is 157 cm³/mol. The molecule has 1 unspecified atom stereocenters. The number of Topliss-reactive ketones (excluding diaryl/α,β-unsaturated/α-hetero) is 1. The van der Waals surface area contributed by atoms with Crippen LogP contribution >= 0.6 is 33.9 Å². The first-order valence-corrected chi connectivity index (χ1v) is 14.1. The number of carbonyl (C=O) groups is 2. The molecular formula is C29H25IN2O5S. The van der Waals surface area contributed by atoms with E-state index >= 15 is 0 Å². The van der Waals surface area contributed by atoms with Gasteiger partial charge in [0.05, 0.1) is 35.0 Å². The Kier molecular flexibility index (Phi) is 7.66. The third-order valence-corrected chi connectivity index (χ3v) is 7.81. The zero-order chi connectivity index (χ0) is 26.8. The summed E-state index contributed by atoms with van der Waals surface area (Å²) in [5.41, 5.74) is 1.80. The van der Waals surface area contributed by atoms with Gasteiger partial charge in [-0.15, -0.1) is 0 Å². The van der Waals surface area contributed by atoms with E-state index in [4.69, 9.17) is 9.47 Å². The lowest BCUT2D eigenvalue weighted by Crippen LogP contribution is -2.29. The van der Waals surface area contributed by atoms with Crippen LogP contribution in [0.4, 0.5) is 5.13 Å². The number of aromatic nitrogens is 1. The molecule has 0 saturated carbocycles. The highest BCUT2D eigenvalue weighted by Crippen LogP contribution is 2.45. The summed E-state index contributed by atoms with van der Waals surface area (Å²) in [5.74, 6) is -0.474. The minimum Gasteiger partial charge on any atom is -0.507 e. The fourth-order valence-electron chi connectivity index (χ4n) is 4.35. The van der Waals surface area contributed by atoms with Crippen molar-refractivity contribution in [3.63, 3.8) is 0 Å². The van der Waals surface area contributed by atoms with Gasteiger partial charge >= 0.3 is 5.91 Å². The fraction of sp³-hybridized carbons (Fsp3) is 0.207. The van der Waals surface area contributed by atoms with Crippen LogP contribution in [0, 0.1) is 3.57 Å². The molecule has 0 radical (unpaired) electrons. The topological polar surface area (TPSA) is 89.0 Å². The minimum absolute atomic E-state index is 0.0121. The van der Waals surface area contributed by atoms with E-state index in [-0.39, 0.29) is 11.3 Å². The lowest BCUT2D eigenvalue weighted by Gasteiger charge is -2.23. The zero-order valence-electron chi connectivity index (χ0n) is 20.8. The number of aliphatic hydroxyl groups excluding tert-OH is 1. The second-order valence-corrected chi connectivity index (χ2v) is 10.9. The molecule has 0 spiro atoms. The van der Waals surface area contributed by atoms with Gasteiger partial charge in [-0.05, 0) is 84.0 Å². The first-order valence-electron chi connectivity index (χ1n) is 12.2. The van der Waals surface area contributed by atoms with Crippen LogP contribution in [0.3, 0.4) is 0 Å². The lowest BCUT2D eigenvalue weighted by atomic mass is 9.95. The van der Waals surface area contributed by atoms with Gasteiger partial charge in [0.1, 0.15) is 17.3 Å². The van der Waals surface area contributed by atoms with Gasteiger partial charge in [0.2, 0.25) is 0 Å². The Labute approximate surface area is 237 Å². The molecule has 3 aromatic carbocycles. The first kappa shape index (κ1) is 26.2. The van der Waals surface area contributed by atoms with Crippen molar-refractivity contribution in [2.45, 2.75) is 26.3 Å². The van der Waals surface area contributed by atoms with E-state index in [0.29, 0.717) is 46.5 Å². The quantitative estimate of drug-likeness (QED) is 0.0997. The van der Waals surface area contributed by atoms with Crippen molar-refractivity contribution < 1.29 is 24.2 Å². The number of hydrogen-bond donors (Lipinski definition) is 1. The normalized spacial score (nSPS) is 16.8. The summed E-state index contributed by atoms with van der Waals surface area (Å²) in [5, 5.41) is 11.8. The third-order valence-electron chi connectivity index (χ3n) is 6.08. The molecule has 194 valence electrons. The predicted octanol–water partition coefficient (Wildman–Crippen LogP) is 6.71. The molecule has 5 rings (SSSR count). The summed E-state index contributed by atoms with van der Waals surface area (Å²) >= 11 is 3.50. The number of carbonyl (C=O) groups excluding carboxylic acids is 2. The molecule has 1 aliphatic rings. The number of aliphatic hydroxyl groups is 1. The van der Waals surface area contributed by atoms with Gasteiger partial charge < -0.3 is 14.6 Å². The SMILES string of the molecule is CCCOc1cccc(C(O)=C2C(=O)C(=O)N(c3nc4ccc(OCC)cc4s3)C2c2ccc(I)cc2)c1. The molecule has 1 aromatic heterocycles. The summed E-state index contributed by atoms with van der Waals surface area (Å²) in [7, 11) is 0. The molecule has 1 amide bonds. The number of ketones is 1. The van der Waals surface area contributed by atoms with Crippen LogP contribution in [0.15, 0.2) is 72.3 Å². The largest absolute Gasteiger partial charge is 0.507 e. The van der Waals surface area contributed by atoms with Crippen LogP contribution in [0.5, 0.6) is 11.5 Å². The molecule has 0 bridgehead atoms. The number of fused-ring (bicyclic) bond motifs is 1. The number of thiazole rings is 1. The zero-order valence-corrected chi connectivity index (χ0v) is 23.8. The number of halogens is 1. The number of nitrogens with zero attached hydrogens (tertiary/aromatic N) is 2. The van der Waals surface area contributed by atoms with Crippen molar-refractivity contribution in [1.82, 2.24) is 4.98 Å². The van der Waals surface area contributed by atoms with Gasteiger partial charge in [-0.1, -0.05) is 42.5 Å². The maximum Gasteiger partial charge on any atom is 0.301 e. The molecule has 38 heavy (non-hydrogen) atoms. The van der Waals surface area contributed by atoms with Gasteiger partial charge in [0, 0.05) is 9.13 Å². The van der Waals surface area contributed by atoms with E-state index in [1.807, 2.05) is 56.3 Å². The Balaban J connectivity index is 1.65. The highest BCUT2D eigenvalue weighted by atomic mass is 127. The van der Waals surface area contributed by atoms with Gasteiger partial charge in [-0.25, -0.2) is 4.98 Å². The number of ether oxygens (including phenoxy) is 2.